The molecule has 3 aromatic rings. The Labute approximate surface area is 127 Å². The number of aldehydes is 1. The van der Waals surface area contributed by atoms with Gasteiger partial charge in [0, 0.05) is 10.6 Å². The first-order valence-corrected chi connectivity index (χ1v) is 6.81. The second kappa shape index (κ2) is 5.50. The number of halogens is 1. The highest BCUT2D eigenvalue weighted by atomic mass is 35.5. The van der Waals surface area contributed by atoms with Crippen LogP contribution in [0.2, 0.25) is 5.02 Å². The van der Waals surface area contributed by atoms with Gasteiger partial charge in [0.1, 0.15) is 5.69 Å². The summed E-state index contributed by atoms with van der Waals surface area (Å²) in [6, 6.07) is 15.1. The Morgan fingerprint density at radius 1 is 1.14 bits per heavy atom. The molecular formula is C16H12ClN3O. The molecule has 0 bridgehead atoms. The Morgan fingerprint density at radius 3 is 2.57 bits per heavy atom. The minimum atomic E-state index is 0.315. The van der Waals surface area contributed by atoms with Crippen LogP contribution >= 0.6 is 11.6 Å². The Hall–Kier alpha value is -2.46. The quantitative estimate of drug-likeness (QED) is 0.692. The molecule has 2 aromatic carbocycles. The Kier molecular flexibility index (Phi) is 3.54. The first-order chi connectivity index (χ1) is 10.2. The number of hydrogen-bond donors (Lipinski definition) is 0. The number of carbonyl (C=O) groups excluding carboxylic acids is 1. The van der Waals surface area contributed by atoms with Gasteiger partial charge in [-0.2, -0.15) is 0 Å². The number of aryl methyl sites for hydroxylation is 1. The van der Waals surface area contributed by atoms with Gasteiger partial charge < -0.3 is 0 Å². The van der Waals surface area contributed by atoms with Crippen LogP contribution in [0.5, 0.6) is 0 Å². The predicted octanol–water partition coefficient (Wildman–Crippen LogP) is 3.71. The zero-order valence-electron chi connectivity index (χ0n) is 11.3. The molecule has 0 atom stereocenters. The summed E-state index contributed by atoms with van der Waals surface area (Å²) >= 11 is 5.99. The summed E-state index contributed by atoms with van der Waals surface area (Å²) in [5, 5.41) is 8.74. The molecule has 0 saturated heterocycles. The van der Waals surface area contributed by atoms with Gasteiger partial charge in [0.05, 0.1) is 5.69 Å². The predicted molar refractivity (Wildman–Crippen MR) is 81.9 cm³/mol. The fourth-order valence-electron chi connectivity index (χ4n) is 2.26. The minimum Gasteiger partial charge on any atom is -0.296 e. The van der Waals surface area contributed by atoms with Gasteiger partial charge in [0.15, 0.2) is 12.0 Å². The summed E-state index contributed by atoms with van der Waals surface area (Å²) in [7, 11) is 0. The van der Waals surface area contributed by atoms with Crippen molar-refractivity contribution < 1.29 is 4.79 Å². The minimum absolute atomic E-state index is 0.315. The smallest absolute Gasteiger partial charge is 0.172 e. The van der Waals surface area contributed by atoms with Crippen LogP contribution in [-0.4, -0.2) is 21.3 Å². The van der Waals surface area contributed by atoms with E-state index in [2.05, 4.69) is 10.3 Å². The van der Waals surface area contributed by atoms with Crippen molar-refractivity contribution in [1.29, 1.82) is 0 Å². The molecule has 0 spiro atoms. The van der Waals surface area contributed by atoms with Gasteiger partial charge in [-0.3, -0.25) is 4.79 Å². The van der Waals surface area contributed by atoms with Crippen molar-refractivity contribution in [3.63, 3.8) is 0 Å². The molecule has 0 aliphatic carbocycles. The fraction of sp³-hybridized carbons (Fsp3) is 0.0625. The standard InChI is InChI=1S/C16H12ClN3O/c1-11-9-13(17)7-8-15(11)20-16(14(10-21)18-19-20)12-5-3-2-4-6-12/h2-10H,1H3. The van der Waals surface area contributed by atoms with Crippen molar-refractivity contribution in [3.8, 4) is 16.9 Å². The van der Waals surface area contributed by atoms with Gasteiger partial charge in [-0.1, -0.05) is 47.1 Å². The summed E-state index contributed by atoms with van der Waals surface area (Å²) in [6.45, 7) is 1.94. The van der Waals surface area contributed by atoms with Crippen LogP contribution < -0.4 is 0 Å². The molecule has 5 heteroatoms. The second-order valence-corrected chi connectivity index (χ2v) is 5.09. The average Bonchev–Trinajstić information content (AvgIpc) is 2.92. The summed E-state index contributed by atoms with van der Waals surface area (Å²) < 4.78 is 1.67. The van der Waals surface area contributed by atoms with Crippen molar-refractivity contribution in [2.24, 2.45) is 0 Å². The van der Waals surface area contributed by atoms with Crippen LogP contribution in [0.4, 0.5) is 0 Å². The van der Waals surface area contributed by atoms with Gasteiger partial charge in [-0.15, -0.1) is 5.10 Å². The van der Waals surface area contributed by atoms with E-state index < -0.39 is 0 Å². The van der Waals surface area contributed by atoms with Crippen molar-refractivity contribution in [1.82, 2.24) is 15.0 Å². The van der Waals surface area contributed by atoms with Crippen LogP contribution in [0.1, 0.15) is 16.1 Å². The number of aromatic nitrogens is 3. The fourth-order valence-corrected chi connectivity index (χ4v) is 2.49. The number of rotatable bonds is 3. The highest BCUT2D eigenvalue weighted by Gasteiger charge is 2.16. The normalized spacial score (nSPS) is 10.6. The maximum Gasteiger partial charge on any atom is 0.172 e. The SMILES string of the molecule is Cc1cc(Cl)ccc1-n1nnc(C=O)c1-c1ccccc1. The third-order valence-electron chi connectivity index (χ3n) is 3.24. The van der Waals surface area contributed by atoms with E-state index in [9.17, 15) is 4.79 Å². The monoisotopic (exact) mass is 297 g/mol. The molecule has 1 heterocycles. The van der Waals surface area contributed by atoms with E-state index >= 15 is 0 Å². The third-order valence-corrected chi connectivity index (χ3v) is 3.48. The molecule has 0 aliphatic rings. The highest BCUT2D eigenvalue weighted by molar-refractivity contribution is 6.30. The topological polar surface area (TPSA) is 47.8 Å². The molecule has 0 radical (unpaired) electrons. The van der Waals surface area contributed by atoms with Crippen LogP contribution in [0.25, 0.3) is 16.9 Å². The van der Waals surface area contributed by atoms with E-state index in [1.165, 1.54) is 0 Å². The van der Waals surface area contributed by atoms with Crippen LogP contribution in [0.3, 0.4) is 0 Å². The van der Waals surface area contributed by atoms with Gasteiger partial charge >= 0.3 is 0 Å². The Balaban J connectivity index is 2.25. The summed E-state index contributed by atoms with van der Waals surface area (Å²) in [5.74, 6) is 0. The maximum absolute atomic E-state index is 11.2. The molecule has 0 amide bonds. The first-order valence-electron chi connectivity index (χ1n) is 6.43. The average molecular weight is 298 g/mol. The summed E-state index contributed by atoms with van der Waals surface area (Å²) in [6.07, 6.45) is 0.719. The van der Waals surface area contributed by atoms with Gasteiger partial charge in [-0.05, 0) is 30.7 Å². The van der Waals surface area contributed by atoms with Crippen molar-refractivity contribution in [2.45, 2.75) is 6.92 Å². The van der Waals surface area contributed by atoms with Crippen LogP contribution in [-0.2, 0) is 0 Å². The van der Waals surface area contributed by atoms with Crippen molar-refractivity contribution in [3.05, 3.63) is 64.8 Å². The molecule has 0 N–H and O–H groups in total. The van der Waals surface area contributed by atoms with E-state index in [1.807, 2.05) is 49.4 Å². The number of hydrogen-bond acceptors (Lipinski definition) is 3. The molecule has 4 nitrogen and oxygen atoms in total. The van der Waals surface area contributed by atoms with Gasteiger partial charge in [0.2, 0.25) is 0 Å². The number of carbonyl (C=O) groups is 1. The molecule has 0 fully saturated rings. The lowest BCUT2D eigenvalue weighted by Crippen LogP contribution is -2.02. The highest BCUT2D eigenvalue weighted by Crippen LogP contribution is 2.26. The Bertz CT molecular complexity index is 797. The van der Waals surface area contributed by atoms with E-state index in [0.717, 1.165) is 23.1 Å². The molecule has 0 unspecified atom stereocenters. The summed E-state index contributed by atoms with van der Waals surface area (Å²) in [5.41, 5.74) is 3.69. The van der Waals surface area contributed by atoms with Crippen molar-refractivity contribution >= 4 is 17.9 Å². The molecule has 21 heavy (non-hydrogen) atoms. The van der Waals surface area contributed by atoms with Crippen LogP contribution in [0, 0.1) is 6.92 Å². The Morgan fingerprint density at radius 2 is 1.90 bits per heavy atom. The lowest BCUT2D eigenvalue weighted by atomic mass is 10.1. The number of nitrogens with zero attached hydrogens (tertiary/aromatic N) is 3. The molecule has 3 rings (SSSR count). The van der Waals surface area contributed by atoms with Gasteiger partial charge in [-0.25, -0.2) is 4.68 Å². The molecule has 104 valence electrons. The van der Waals surface area contributed by atoms with Gasteiger partial charge in [0.25, 0.3) is 0 Å². The maximum atomic E-state index is 11.2. The molecule has 0 aliphatic heterocycles. The zero-order chi connectivity index (χ0) is 14.8. The molecule has 1 aromatic heterocycles. The van der Waals surface area contributed by atoms with Crippen molar-refractivity contribution in [2.75, 3.05) is 0 Å². The third kappa shape index (κ3) is 2.45. The molecular weight excluding hydrogens is 286 g/mol. The van der Waals surface area contributed by atoms with Crippen LogP contribution in [0.15, 0.2) is 48.5 Å². The first kappa shape index (κ1) is 13.5. The lowest BCUT2D eigenvalue weighted by Gasteiger charge is -2.10. The van der Waals surface area contributed by atoms with E-state index in [-0.39, 0.29) is 0 Å². The zero-order valence-corrected chi connectivity index (χ0v) is 12.1. The van der Waals surface area contributed by atoms with E-state index in [0.29, 0.717) is 16.4 Å². The molecule has 0 saturated carbocycles. The lowest BCUT2D eigenvalue weighted by molar-refractivity contribution is 0.111. The van der Waals surface area contributed by atoms with E-state index in [1.54, 1.807) is 10.7 Å². The number of benzene rings is 2. The summed E-state index contributed by atoms with van der Waals surface area (Å²) in [4.78, 5) is 11.2. The van der Waals surface area contributed by atoms with E-state index in [4.69, 9.17) is 11.6 Å². The second-order valence-electron chi connectivity index (χ2n) is 4.65. The largest absolute Gasteiger partial charge is 0.296 e.